The molecule has 27 heavy (non-hydrogen) atoms. The summed E-state index contributed by atoms with van der Waals surface area (Å²) < 4.78 is 10.7. The topological polar surface area (TPSA) is 85.4 Å². The molecule has 7 nitrogen and oxygen atoms in total. The molecule has 0 atom stereocenters. The number of aromatic nitrogens is 2. The molecule has 0 unspecified atom stereocenters. The molecule has 7 heteroatoms. The quantitative estimate of drug-likeness (QED) is 0.724. The lowest BCUT2D eigenvalue weighted by Crippen LogP contribution is -2.15. The second-order valence-corrected chi connectivity index (χ2v) is 6.13. The number of carbonyl (C=O) groups excluding carboxylic acids is 1. The second kappa shape index (κ2) is 7.33. The van der Waals surface area contributed by atoms with Crippen LogP contribution in [0, 0.1) is 6.92 Å². The predicted molar refractivity (Wildman–Crippen MR) is 101 cm³/mol. The minimum atomic E-state index is -0.285. The molecule has 0 bridgehead atoms. The Hall–Kier alpha value is -3.61. The van der Waals surface area contributed by atoms with Crippen LogP contribution in [0.25, 0.3) is 0 Å². The third-order valence-corrected chi connectivity index (χ3v) is 4.09. The lowest BCUT2D eigenvalue weighted by Gasteiger charge is -2.08. The Labute approximate surface area is 156 Å². The van der Waals surface area contributed by atoms with Gasteiger partial charge < -0.3 is 20.1 Å². The van der Waals surface area contributed by atoms with E-state index in [-0.39, 0.29) is 12.7 Å². The van der Waals surface area contributed by atoms with Crippen LogP contribution in [-0.4, -0.2) is 22.7 Å². The lowest BCUT2D eigenvalue weighted by atomic mass is 10.2. The van der Waals surface area contributed by atoms with Crippen LogP contribution in [0.1, 0.15) is 21.6 Å². The Morgan fingerprint density at radius 1 is 1.07 bits per heavy atom. The first-order valence-electron chi connectivity index (χ1n) is 8.51. The van der Waals surface area contributed by atoms with Crippen molar-refractivity contribution < 1.29 is 14.3 Å². The van der Waals surface area contributed by atoms with Crippen molar-refractivity contribution in [3.8, 4) is 11.5 Å². The van der Waals surface area contributed by atoms with Crippen LogP contribution in [0.4, 0.5) is 11.6 Å². The number of aryl methyl sites for hydroxylation is 1. The summed E-state index contributed by atoms with van der Waals surface area (Å²) in [5.41, 5.74) is 3.14. The van der Waals surface area contributed by atoms with Crippen LogP contribution in [0.2, 0.25) is 0 Å². The van der Waals surface area contributed by atoms with E-state index in [4.69, 9.17) is 9.47 Å². The van der Waals surface area contributed by atoms with Gasteiger partial charge in [-0.1, -0.05) is 23.8 Å². The largest absolute Gasteiger partial charge is 0.454 e. The van der Waals surface area contributed by atoms with E-state index in [0.717, 1.165) is 28.3 Å². The zero-order valence-corrected chi connectivity index (χ0v) is 14.7. The molecule has 0 aliphatic carbocycles. The predicted octanol–water partition coefficient (Wildman–Crippen LogP) is 3.38. The third-order valence-electron chi connectivity index (χ3n) is 4.09. The summed E-state index contributed by atoms with van der Waals surface area (Å²) >= 11 is 0. The van der Waals surface area contributed by atoms with Crippen molar-refractivity contribution in [2.45, 2.75) is 13.5 Å². The number of hydrogen-bond acceptors (Lipinski definition) is 6. The number of ether oxygens (including phenoxy) is 2. The normalized spacial score (nSPS) is 11.9. The first kappa shape index (κ1) is 16.8. The van der Waals surface area contributed by atoms with Gasteiger partial charge in [0.05, 0.1) is 0 Å². The van der Waals surface area contributed by atoms with Crippen LogP contribution >= 0.6 is 0 Å². The van der Waals surface area contributed by atoms with E-state index in [2.05, 4.69) is 20.6 Å². The fraction of sp³-hybridized carbons (Fsp3) is 0.150. The van der Waals surface area contributed by atoms with E-state index >= 15 is 0 Å². The Morgan fingerprint density at radius 2 is 1.89 bits per heavy atom. The number of rotatable bonds is 5. The van der Waals surface area contributed by atoms with Gasteiger partial charge in [-0.25, -0.2) is 9.97 Å². The van der Waals surface area contributed by atoms with Gasteiger partial charge in [0.2, 0.25) is 12.7 Å². The van der Waals surface area contributed by atoms with E-state index in [1.165, 1.54) is 0 Å². The van der Waals surface area contributed by atoms with E-state index in [0.29, 0.717) is 18.2 Å². The summed E-state index contributed by atoms with van der Waals surface area (Å²) in [4.78, 5) is 20.8. The molecule has 1 aromatic heterocycles. The minimum Gasteiger partial charge on any atom is -0.454 e. The fourth-order valence-electron chi connectivity index (χ4n) is 2.63. The van der Waals surface area contributed by atoms with Crippen molar-refractivity contribution in [1.82, 2.24) is 9.97 Å². The summed E-state index contributed by atoms with van der Waals surface area (Å²) in [6, 6.07) is 14.9. The molecule has 2 N–H and O–H groups in total. The molecule has 0 saturated carbocycles. The van der Waals surface area contributed by atoms with Crippen molar-refractivity contribution in [1.29, 1.82) is 0 Å². The van der Waals surface area contributed by atoms with Crippen LogP contribution in [0.5, 0.6) is 11.5 Å². The number of anilines is 2. The van der Waals surface area contributed by atoms with Crippen LogP contribution in [0.15, 0.2) is 54.7 Å². The SMILES string of the molecule is Cc1ccc(NC(=O)c2ccnc(NCc3ccc4c(c3)OCO4)n2)cc1. The van der Waals surface area contributed by atoms with Crippen molar-refractivity contribution in [3.05, 3.63) is 71.5 Å². The summed E-state index contributed by atoms with van der Waals surface area (Å²) in [5, 5.41) is 5.95. The molecule has 0 saturated heterocycles. The van der Waals surface area contributed by atoms with Gasteiger partial charge in [-0.05, 0) is 42.8 Å². The molecule has 136 valence electrons. The van der Waals surface area contributed by atoms with Crippen molar-refractivity contribution >= 4 is 17.5 Å². The van der Waals surface area contributed by atoms with Gasteiger partial charge in [-0.2, -0.15) is 0 Å². The third kappa shape index (κ3) is 3.98. The monoisotopic (exact) mass is 362 g/mol. The van der Waals surface area contributed by atoms with Gasteiger partial charge in [-0.15, -0.1) is 0 Å². The zero-order chi connectivity index (χ0) is 18.6. The van der Waals surface area contributed by atoms with Crippen molar-refractivity contribution in [2.75, 3.05) is 17.4 Å². The molecule has 2 heterocycles. The number of carbonyl (C=O) groups is 1. The van der Waals surface area contributed by atoms with Crippen LogP contribution in [-0.2, 0) is 6.54 Å². The van der Waals surface area contributed by atoms with Gasteiger partial charge in [0, 0.05) is 18.4 Å². The van der Waals surface area contributed by atoms with Gasteiger partial charge in [0.15, 0.2) is 11.5 Å². The molecule has 3 aromatic rings. The molecular weight excluding hydrogens is 344 g/mol. The number of fused-ring (bicyclic) bond motifs is 1. The maximum atomic E-state index is 12.4. The Bertz CT molecular complexity index is 973. The number of hydrogen-bond donors (Lipinski definition) is 2. The van der Waals surface area contributed by atoms with Crippen molar-refractivity contribution in [2.24, 2.45) is 0 Å². The second-order valence-electron chi connectivity index (χ2n) is 6.13. The highest BCUT2D eigenvalue weighted by Crippen LogP contribution is 2.32. The Kier molecular flexibility index (Phi) is 4.57. The highest BCUT2D eigenvalue weighted by Gasteiger charge is 2.13. The summed E-state index contributed by atoms with van der Waals surface area (Å²) in [6.45, 7) is 2.74. The zero-order valence-electron chi connectivity index (χ0n) is 14.7. The summed E-state index contributed by atoms with van der Waals surface area (Å²) in [6.07, 6.45) is 1.55. The van der Waals surface area contributed by atoms with Gasteiger partial charge in [-0.3, -0.25) is 4.79 Å². The van der Waals surface area contributed by atoms with Crippen LogP contribution < -0.4 is 20.1 Å². The Balaban J connectivity index is 1.41. The molecule has 4 rings (SSSR count). The van der Waals surface area contributed by atoms with E-state index in [1.54, 1.807) is 12.3 Å². The molecular formula is C20H18N4O3. The summed E-state index contributed by atoms with van der Waals surface area (Å²) in [7, 11) is 0. The van der Waals surface area contributed by atoms with Crippen molar-refractivity contribution in [3.63, 3.8) is 0 Å². The first-order chi connectivity index (χ1) is 13.2. The van der Waals surface area contributed by atoms with E-state index in [9.17, 15) is 4.79 Å². The summed E-state index contributed by atoms with van der Waals surface area (Å²) in [5.74, 6) is 1.56. The highest BCUT2D eigenvalue weighted by atomic mass is 16.7. The van der Waals surface area contributed by atoms with Gasteiger partial charge in [0.25, 0.3) is 5.91 Å². The van der Waals surface area contributed by atoms with Crippen LogP contribution in [0.3, 0.4) is 0 Å². The molecule has 2 aromatic carbocycles. The number of nitrogens with zero attached hydrogens (tertiary/aromatic N) is 2. The first-order valence-corrected chi connectivity index (χ1v) is 8.51. The number of amides is 1. The average Bonchev–Trinajstić information content (AvgIpc) is 3.16. The molecule has 0 radical (unpaired) electrons. The molecule has 0 spiro atoms. The smallest absolute Gasteiger partial charge is 0.274 e. The minimum absolute atomic E-state index is 0.244. The van der Waals surface area contributed by atoms with E-state index in [1.807, 2.05) is 49.4 Å². The van der Waals surface area contributed by atoms with E-state index < -0.39 is 0 Å². The molecule has 1 aliphatic heterocycles. The number of benzene rings is 2. The Morgan fingerprint density at radius 3 is 2.74 bits per heavy atom. The molecule has 0 fully saturated rings. The number of nitrogens with one attached hydrogen (secondary N) is 2. The van der Waals surface area contributed by atoms with Gasteiger partial charge >= 0.3 is 0 Å². The molecule has 1 aliphatic rings. The lowest BCUT2D eigenvalue weighted by molar-refractivity contribution is 0.102. The van der Waals surface area contributed by atoms with Gasteiger partial charge in [0.1, 0.15) is 5.69 Å². The average molecular weight is 362 g/mol. The molecule has 1 amide bonds. The standard InChI is InChI=1S/C20H18N4O3/c1-13-2-5-15(6-3-13)23-19(25)16-8-9-21-20(24-16)22-11-14-4-7-17-18(10-14)27-12-26-17/h2-10H,11-12H2,1H3,(H,23,25)(H,21,22,24). The maximum absolute atomic E-state index is 12.4. The highest BCUT2D eigenvalue weighted by molar-refractivity contribution is 6.02. The maximum Gasteiger partial charge on any atom is 0.274 e. The fourth-order valence-corrected chi connectivity index (χ4v) is 2.63.